The van der Waals surface area contributed by atoms with E-state index in [9.17, 15) is 4.79 Å². The van der Waals surface area contributed by atoms with Crippen LogP contribution in [0.4, 0.5) is 0 Å². The third-order valence-corrected chi connectivity index (χ3v) is 6.57. The smallest absolute Gasteiger partial charge is 0.414 e. The predicted molar refractivity (Wildman–Crippen MR) is 108 cm³/mol. The summed E-state index contributed by atoms with van der Waals surface area (Å²) in [5.41, 5.74) is 3.14. The van der Waals surface area contributed by atoms with Gasteiger partial charge in [-0.3, -0.25) is 9.36 Å². The van der Waals surface area contributed by atoms with Gasteiger partial charge in [-0.2, -0.15) is 0 Å². The Morgan fingerprint density at radius 3 is 2.36 bits per heavy atom. The Bertz CT molecular complexity index is 908. The van der Waals surface area contributed by atoms with E-state index in [2.05, 4.69) is 30.0 Å². The van der Waals surface area contributed by atoms with Crippen molar-refractivity contribution in [2.75, 3.05) is 19.6 Å². The highest BCUT2D eigenvalue weighted by Crippen LogP contribution is 2.47. The van der Waals surface area contributed by atoms with Gasteiger partial charge in [-0.05, 0) is 42.4 Å². The molecule has 0 radical (unpaired) electrons. The molecular formula is C20H26N2O5S. The summed E-state index contributed by atoms with van der Waals surface area (Å²) in [5.74, 6) is -3.65. The maximum Gasteiger partial charge on any atom is 0.414 e. The van der Waals surface area contributed by atoms with Crippen molar-refractivity contribution >= 4 is 33.5 Å². The van der Waals surface area contributed by atoms with E-state index in [4.69, 9.17) is 19.8 Å². The number of rotatable bonds is 5. The molecule has 0 bridgehead atoms. The lowest BCUT2D eigenvalue weighted by molar-refractivity contribution is -0.159. The number of aryl methyl sites for hydroxylation is 1. The van der Waals surface area contributed by atoms with Gasteiger partial charge in [0.05, 0.1) is 10.2 Å². The first-order chi connectivity index (χ1) is 13.3. The fraction of sp³-hybridized carbons (Fsp3) is 0.550. The van der Waals surface area contributed by atoms with Crippen molar-refractivity contribution in [1.29, 1.82) is 0 Å². The fourth-order valence-electron chi connectivity index (χ4n) is 4.06. The molecule has 2 aliphatic rings. The van der Waals surface area contributed by atoms with Crippen LogP contribution in [0.3, 0.4) is 0 Å². The second-order valence-electron chi connectivity index (χ2n) is 7.75. The number of likely N-dealkylation sites (tertiary alicyclic amines) is 1. The van der Waals surface area contributed by atoms with Gasteiger partial charge in [0, 0.05) is 26.2 Å². The van der Waals surface area contributed by atoms with E-state index in [-0.39, 0.29) is 4.87 Å². The average molecular weight is 407 g/mol. The van der Waals surface area contributed by atoms with Crippen molar-refractivity contribution < 1.29 is 19.8 Å². The number of aliphatic carboxylic acids is 2. The fourth-order valence-corrected chi connectivity index (χ4v) is 5.04. The lowest BCUT2D eigenvalue weighted by atomic mass is 9.63. The summed E-state index contributed by atoms with van der Waals surface area (Å²) in [6.45, 7) is 6.56. The van der Waals surface area contributed by atoms with Gasteiger partial charge in [0.1, 0.15) is 0 Å². The molecule has 1 aliphatic heterocycles. The molecule has 1 aliphatic carbocycles. The predicted octanol–water partition coefficient (Wildman–Crippen LogP) is 2.66. The first-order valence-electron chi connectivity index (χ1n) is 9.64. The quantitative estimate of drug-likeness (QED) is 0.741. The van der Waals surface area contributed by atoms with E-state index in [0.29, 0.717) is 5.41 Å². The summed E-state index contributed by atoms with van der Waals surface area (Å²) in [4.78, 5) is 33.2. The summed E-state index contributed by atoms with van der Waals surface area (Å²) >= 11 is 1.40. The van der Waals surface area contributed by atoms with Crippen molar-refractivity contribution in [3.63, 3.8) is 0 Å². The molecular weight excluding hydrogens is 380 g/mol. The lowest BCUT2D eigenvalue weighted by Gasteiger charge is -2.56. The van der Waals surface area contributed by atoms with Crippen LogP contribution in [0, 0.1) is 5.41 Å². The minimum atomic E-state index is -1.82. The molecule has 2 aromatic rings. The molecule has 28 heavy (non-hydrogen) atoms. The molecule has 7 nitrogen and oxygen atoms in total. The average Bonchev–Trinajstić information content (AvgIpc) is 2.87. The van der Waals surface area contributed by atoms with E-state index in [1.54, 1.807) is 0 Å². The van der Waals surface area contributed by atoms with Crippen molar-refractivity contribution in [3.05, 3.63) is 33.4 Å². The molecule has 1 saturated heterocycles. The molecule has 2 N–H and O–H groups in total. The standard InChI is InChI=1S/C18H24N2OS.C2H2O4/c1-2-4-14-5-6-15-16(11-14)22-17(21)20(15)10-9-19-12-18(13-19)7-3-8-18;3-1(4)2(5)6/h5-6,11H,2-4,7-10,12-13H2,1H3;(H,3,4)(H,5,6). The maximum atomic E-state index is 12.3. The van der Waals surface area contributed by atoms with Gasteiger partial charge < -0.3 is 15.1 Å². The Labute approximate surface area is 167 Å². The number of hydrogen-bond acceptors (Lipinski definition) is 5. The van der Waals surface area contributed by atoms with Crippen LogP contribution in [0.15, 0.2) is 23.0 Å². The van der Waals surface area contributed by atoms with Crippen LogP contribution >= 0.6 is 11.3 Å². The SMILES string of the molecule is CCCc1ccc2c(c1)sc(=O)n2CCN1CC2(CCC2)C1.O=C(O)C(=O)O. The third kappa shape index (κ3) is 4.44. The van der Waals surface area contributed by atoms with Gasteiger partial charge in [0.2, 0.25) is 0 Å². The molecule has 4 rings (SSSR count). The monoisotopic (exact) mass is 406 g/mol. The van der Waals surface area contributed by atoms with Crippen LogP contribution in [-0.4, -0.2) is 51.3 Å². The third-order valence-electron chi connectivity index (χ3n) is 5.63. The van der Waals surface area contributed by atoms with Gasteiger partial charge in [0.15, 0.2) is 0 Å². The normalized spacial score (nSPS) is 17.5. The van der Waals surface area contributed by atoms with Crippen LogP contribution in [0.5, 0.6) is 0 Å². The molecule has 1 aromatic heterocycles. The Balaban J connectivity index is 0.000000330. The number of carboxylic acids is 2. The molecule has 8 heteroatoms. The van der Waals surface area contributed by atoms with Gasteiger partial charge in [-0.1, -0.05) is 37.2 Å². The summed E-state index contributed by atoms with van der Waals surface area (Å²) in [5, 5.41) is 14.8. The van der Waals surface area contributed by atoms with Crippen LogP contribution < -0.4 is 4.87 Å². The zero-order valence-corrected chi connectivity index (χ0v) is 16.8. The largest absolute Gasteiger partial charge is 0.473 e. The Kier molecular flexibility index (Phi) is 6.20. The molecule has 1 spiro atoms. The van der Waals surface area contributed by atoms with E-state index in [1.165, 1.54) is 49.3 Å². The molecule has 152 valence electrons. The van der Waals surface area contributed by atoms with Gasteiger partial charge in [-0.25, -0.2) is 9.59 Å². The number of hydrogen-bond donors (Lipinski definition) is 2. The minimum Gasteiger partial charge on any atom is -0.473 e. The Hall–Kier alpha value is -2.19. The van der Waals surface area contributed by atoms with Gasteiger partial charge in [-0.15, -0.1) is 0 Å². The van der Waals surface area contributed by atoms with Gasteiger partial charge in [0.25, 0.3) is 0 Å². The first-order valence-corrected chi connectivity index (χ1v) is 10.5. The number of aromatic nitrogens is 1. The number of carbonyl (C=O) groups is 2. The van der Waals surface area contributed by atoms with Crippen LogP contribution in [-0.2, 0) is 22.6 Å². The highest BCUT2D eigenvalue weighted by atomic mass is 32.1. The van der Waals surface area contributed by atoms with Crippen LogP contribution in [0.25, 0.3) is 10.2 Å². The number of fused-ring (bicyclic) bond motifs is 1. The highest BCUT2D eigenvalue weighted by molar-refractivity contribution is 7.16. The van der Waals surface area contributed by atoms with Crippen molar-refractivity contribution in [2.45, 2.75) is 45.6 Å². The van der Waals surface area contributed by atoms with Gasteiger partial charge >= 0.3 is 16.8 Å². The zero-order chi connectivity index (χ0) is 20.3. The summed E-state index contributed by atoms with van der Waals surface area (Å²) in [6.07, 6.45) is 6.51. The minimum absolute atomic E-state index is 0.197. The van der Waals surface area contributed by atoms with Crippen LogP contribution in [0.2, 0.25) is 0 Å². The first kappa shape index (κ1) is 20.5. The highest BCUT2D eigenvalue weighted by Gasteiger charge is 2.46. The molecule has 1 saturated carbocycles. The molecule has 0 atom stereocenters. The molecule has 2 fully saturated rings. The summed E-state index contributed by atoms with van der Waals surface area (Å²) in [6, 6.07) is 6.53. The Morgan fingerprint density at radius 1 is 1.14 bits per heavy atom. The number of nitrogens with zero attached hydrogens (tertiary/aromatic N) is 2. The lowest BCUT2D eigenvalue weighted by Crippen LogP contribution is -2.60. The van der Waals surface area contributed by atoms with E-state index in [1.807, 2.05) is 4.57 Å². The van der Waals surface area contributed by atoms with E-state index in [0.717, 1.165) is 36.1 Å². The van der Waals surface area contributed by atoms with E-state index >= 15 is 0 Å². The summed E-state index contributed by atoms with van der Waals surface area (Å²) < 4.78 is 3.12. The number of carboxylic acid groups (broad SMARTS) is 2. The molecule has 2 heterocycles. The van der Waals surface area contributed by atoms with Crippen molar-refractivity contribution in [3.8, 4) is 0 Å². The second kappa shape index (κ2) is 8.45. The van der Waals surface area contributed by atoms with E-state index < -0.39 is 11.9 Å². The zero-order valence-electron chi connectivity index (χ0n) is 16.0. The topological polar surface area (TPSA) is 99.8 Å². The molecule has 0 amide bonds. The van der Waals surface area contributed by atoms with Crippen molar-refractivity contribution in [2.24, 2.45) is 5.41 Å². The maximum absolute atomic E-state index is 12.3. The second-order valence-corrected chi connectivity index (χ2v) is 8.74. The molecule has 1 aromatic carbocycles. The number of thiazole rings is 1. The van der Waals surface area contributed by atoms with Crippen LogP contribution in [0.1, 0.15) is 38.2 Å². The Morgan fingerprint density at radius 2 is 1.82 bits per heavy atom. The number of benzene rings is 1. The summed E-state index contributed by atoms with van der Waals surface area (Å²) in [7, 11) is 0. The van der Waals surface area contributed by atoms with Crippen molar-refractivity contribution in [1.82, 2.24) is 9.47 Å². The molecule has 0 unspecified atom stereocenters.